The van der Waals surface area contributed by atoms with Crippen LogP contribution in [0, 0.1) is 0 Å². The van der Waals surface area contributed by atoms with Crippen LogP contribution >= 0.6 is 0 Å². The lowest BCUT2D eigenvalue weighted by molar-refractivity contribution is 0.0562. The Morgan fingerprint density at radius 2 is 1.84 bits per heavy atom. The molecule has 3 rings (SSSR count). The number of likely N-dealkylation sites (tertiary alicyclic amines) is 1. The van der Waals surface area contributed by atoms with E-state index < -0.39 is 10.0 Å². The molecule has 0 N–H and O–H groups in total. The van der Waals surface area contributed by atoms with Crippen molar-refractivity contribution in [3.63, 3.8) is 0 Å². The molecule has 8 heteroatoms. The Bertz CT molecular complexity index is 679. The summed E-state index contributed by atoms with van der Waals surface area (Å²) in [7, 11) is -3.08. The van der Waals surface area contributed by atoms with Crippen molar-refractivity contribution in [2.45, 2.75) is 25.8 Å². The number of nitrogens with zero attached hydrogens (tertiary/aromatic N) is 4. The second-order valence-corrected chi connectivity index (χ2v) is 8.86. The number of pyridine rings is 1. The number of carbonyl (C=O) groups is 1. The van der Waals surface area contributed by atoms with Gasteiger partial charge in [0.05, 0.1) is 11.3 Å². The van der Waals surface area contributed by atoms with Crippen LogP contribution < -0.4 is 0 Å². The molecule has 0 atom stereocenters. The molecule has 0 unspecified atom stereocenters. The minimum absolute atomic E-state index is 0.0467. The minimum atomic E-state index is -3.08. The van der Waals surface area contributed by atoms with Crippen molar-refractivity contribution >= 4 is 15.9 Å². The lowest BCUT2D eigenvalue weighted by Crippen LogP contribution is -2.54. The first kappa shape index (κ1) is 18.3. The Kier molecular flexibility index (Phi) is 5.71. The van der Waals surface area contributed by atoms with E-state index in [-0.39, 0.29) is 11.7 Å². The van der Waals surface area contributed by atoms with Gasteiger partial charge in [-0.1, -0.05) is 0 Å². The van der Waals surface area contributed by atoms with Crippen molar-refractivity contribution in [3.05, 3.63) is 30.1 Å². The van der Waals surface area contributed by atoms with Crippen LogP contribution in [0.4, 0.5) is 0 Å². The van der Waals surface area contributed by atoms with Gasteiger partial charge in [-0.25, -0.2) is 8.42 Å². The smallest absolute Gasteiger partial charge is 0.255 e. The number of rotatable bonds is 4. The van der Waals surface area contributed by atoms with E-state index in [1.807, 2.05) is 4.90 Å². The van der Waals surface area contributed by atoms with Gasteiger partial charge in [0.15, 0.2) is 0 Å². The lowest BCUT2D eigenvalue weighted by Gasteiger charge is -2.42. The summed E-state index contributed by atoms with van der Waals surface area (Å²) in [5.74, 6) is 0.215. The average Bonchev–Trinajstić information content (AvgIpc) is 2.68. The summed E-state index contributed by atoms with van der Waals surface area (Å²) in [6, 6.07) is 4.02. The summed E-state index contributed by atoms with van der Waals surface area (Å²) in [6.45, 7) is 5.88. The highest BCUT2D eigenvalue weighted by Gasteiger charge is 2.31. The number of sulfonamides is 1. The molecule has 0 aromatic carbocycles. The fraction of sp³-hybridized carbons (Fsp3) is 0.647. The predicted octanol–water partition coefficient (Wildman–Crippen LogP) is 0.654. The summed E-state index contributed by atoms with van der Waals surface area (Å²) >= 11 is 0. The quantitative estimate of drug-likeness (QED) is 0.782. The third-order valence-electron chi connectivity index (χ3n) is 5.21. The molecule has 1 aromatic rings. The van der Waals surface area contributed by atoms with Gasteiger partial charge in [0, 0.05) is 57.7 Å². The second-order valence-electron chi connectivity index (χ2n) is 6.60. The first-order chi connectivity index (χ1) is 12.0. The summed E-state index contributed by atoms with van der Waals surface area (Å²) in [4.78, 5) is 20.8. The second kappa shape index (κ2) is 7.80. The van der Waals surface area contributed by atoms with Crippen LogP contribution in [0.5, 0.6) is 0 Å². The lowest BCUT2D eigenvalue weighted by atomic mass is 10.0. The number of hydrogen-bond acceptors (Lipinski definition) is 5. The molecule has 2 fully saturated rings. The standard InChI is InChI=1S/C17H26N4O3S/c1-2-25(23,24)21-12-10-19(11-13-21)16-5-8-20(9-6-16)17(22)15-4-3-7-18-14-15/h3-4,7,14,16H,2,5-6,8-13H2,1H3. The zero-order valence-electron chi connectivity index (χ0n) is 14.7. The Morgan fingerprint density at radius 1 is 1.16 bits per heavy atom. The fourth-order valence-electron chi connectivity index (χ4n) is 3.64. The van der Waals surface area contributed by atoms with Crippen LogP contribution in [0.25, 0.3) is 0 Å². The monoisotopic (exact) mass is 366 g/mol. The van der Waals surface area contributed by atoms with E-state index in [0.29, 0.717) is 24.7 Å². The largest absolute Gasteiger partial charge is 0.338 e. The third-order valence-corrected chi connectivity index (χ3v) is 7.09. The number of hydrogen-bond donors (Lipinski definition) is 0. The maximum absolute atomic E-state index is 12.5. The minimum Gasteiger partial charge on any atom is -0.338 e. The zero-order chi connectivity index (χ0) is 17.9. The van der Waals surface area contributed by atoms with Crippen LogP contribution in [0.1, 0.15) is 30.1 Å². The van der Waals surface area contributed by atoms with Crippen LogP contribution in [-0.2, 0) is 10.0 Å². The molecular formula is C17H26N4O3S. The highest BCUT2D eigenvalue weighted by molar-refractivity contribution is 7.89. The number of piperidine rings is 1. The van der Waals surface area contributed by atoms with Gasteiger partial charge in [-0.2, -0.15) is 4.31 Å². The molecule has 2 aliphatic heterocycles. The van der Waals surface area contributed by atoms with E-state index in [1.54, 1.807) is 35.8 Å². The number of amides is 1. The molecule has 0 saturated carbocycles. The summed E-state index contributed by atoms with van der Waals surface area (Å²) in [5.41, 5.74) is 0.638. The van der Waals surface area contributed by atoms with E-state index >= 15 is 0 Å². The number of aromatic nitrogens is 1. The van der Waals surface area contributed by atoms with Crippen molar-refractivity contribution in [1.82, 2.24) is 19.1 Å². The molecule has 0 aliphatic carbocycles. The van der Waals surface area contributed by atoms with Crippen molar-refractivity contribution in [3.8, 4) is 0 Å². The number of carbonyl (C=O) groups excluding carboxylic acids is 1. The normalized spacial score (nSPS) is 21.4. The molecule has 7 nitrogen and oxygen atoms in total. The van der Waals surface area contributed by atoms with Gasteiger partial charge in [-0.15, -0.1) is 0 Å². The van der Waals surface area contributed by atoms with Gasteiger partial charge >= 0.3 is 0 Å². The van der Waals surface area contributed by atoms with E-state index in [2.05, 4.69) is 9.88 Å². The zero-order valence-corrected chi connectivity index (χ0v) is 15.5. The van der Waals surface area contributed by atoms with Gasteiger partial charge in [-0.3, -0.25) is 14.7 Å². The van der Waals surface area contributed by atoms with Gasteiger partial charge in [-0.05, 0) is 31.9 Å². The van der Waals surface area contributed by atoms with Crippen LogP contribution in [0.3, 0.4) is 0 Å². The Labute approximate surface area is 149 Å². The summed E-state index contributed by atoms with van der Waals surface area (Å²) < 4.78 is 25.5. The molecule has 0 radical (unpaired) electrons. The van der Waals surface area contributed by atoms with Crippen molar-refractivity contribution in [2.24, 2.45) is 0 Å². The van der Waals surface area contributed by atoms with E-state index in [9.17, 15) is 13.2 Å². The van der Waals surface area contributed by atoms with Crippen LogP contribution in [-0.4, -0.2) is 84.5 Å². The Morgan fingerprint density at radius 3 is 2.40 bits per heavy atom. The molecule has 2 aliphatic rings. The Balaban J connectivity index is 1.49. The van der Waals surface area contributed by atoms with E-state index in [4.69, 9.17) is 0 Å². The number of piperazine rings is 1. The first-order valence-corrected chi connectivity index (χ1v) is 10.5. The van der Waals surface area contributed by atoms with Crippen LogP contribution in [0.2, 0.25) is 0 Å². The highest BCUT2D eigenvalue weighted by Crippen LogP contribution is 2.20. The molecule has 1 amide bonds. The van der Waals surface area contributed by atoms with Gasteiger partial charge in [0.1, 0.15) is 0 Å². The van der Waals surface area contributed by atoms with Gasteiger partial charge in [0.25, 0.3) is 5.91 Å². The third kappa shape index (κ3) is 4.19. The van der Waals surface area contributed by atoms with E-state index in [1.165, 1.54) is 0 Å². The summed E-state index contributed by atoms with van der Waals surface area (Å²) in [6.07, 6.45) is 5.16. The average molecular weight is 366 g/mol. The van der Waals surface area contributed by atoms with Gasteiger partial charge < -0.3 is 4.90 Å². The topological polar surface area (TPSA) is 73.8 Å². The van der Waals surface area contributed by atoms with Crippen molar-refractivity contribution < 1.29 is 13.2 Å². The summed E-state index contributed by atoms with van der Waals surface area (Å²) in [5, 5.41) is 0. The molecule has 2 saturated heterocycles. The van der Waals surface area contributed by atoms with Crippen molar-refractivity contribution in [2.75, 3.05) is 45.0 Å². The molecule has 138 valence electrons. The maximum atomic E-state index is 12.5. The van der Waals surface area contributed by atoms with Gasteiger partial charge in [0.2, 0.25) is 10.0 Å². The highest BCUT2D eigenvalue weighted by atomic mass is 32.2. The molecular weight excluding hydrogens is 340 g/mol. The fourth-order valence-corrected chi connectivity index (χ4v) is 4.72. The molecule has 25 heavy (non-hydrogen) atoms. The Hall–Kier alpha value is -1.51. The molecule has 0 spiro atoms. The molecule has 3 heterocycles. The molecule has 1 aromatic heterocycles. The van der Waals surface area contributed by atoms with E-state index in [0.717, 1.165) is 39.0 Å². The first-order valence-electron chi connectivity index (χ1n) is 8.92. The predicted molar refractivity (Wildman–Crippen MR) is 95.8 cm³/mol. The van der Waals surface area contributed by atoms with Crippen LogP contribution in [0.15, 0.2) is 24.5 Å². The SMILES string of the molecule is CCS(=O)(=O)N1CCN(C2CCN(C(=O)c3cccnc3)CC2)CC1. The maximum Gasteiger partial charge on any atom is 0.255 e. The van der Waals surface area contributed by atoms with Crippen molar-refractivity contribution in [1.29, 1.82) is 0 Å². The molecule has 0 bridgehead atoms.